The molecule has 2 aromatic rings. The van der Waals surface area contributed by atoms with Gasteiger partial charge in [0, 0.05) is 20.1 Å². The van der Waals surface area contributed by atoms with Crippen LogP contribution in [0.1, 0.15) is 25.0 Å². The number of nitrogens with one attached hydrogen (secondary N) is 1. The maximum atomic E-state index is 12.3. The van der Waals surface area contributed by atoms with E-state index in [9.17, 15) is 4.79 Å². The predicted molar refractivity (Wildman–Crippen MR) is 96.6 cm³/mol. The van der Waals surface area contributed by atoms with E-state index in [1.54, 1.807) is 6.33 Å². The summed E-state index contributed by atoms with van der Waals surface area (Å²) in [5.41, 5.74) is 2.37. The topological polar surface area (TPSA) is 63.1 Å². The van der Waals surface area contributed by atoms with Crippen molar-refractivity contribution in [2.24, 2.45) is 7.05 Å². The Morgan fingerprint density at radius 2 is 2.17 bits per heavy atom. The molecule has 6 nitrogen and oxygen atoms in total. The summed E-state index contributed by atoms with van der Waals surface area (Å²) >= 11 is 1.41. The highest BCUT2D eigenvalue weighted by Gasteiger charge is 2.16. The Balaban J connectivity index is 1.87. The minimum Gasteiger partial charge on any atom is -0.351 e. The smallest absolute Gasteiger partial charge is 0.233 e. The van der Waals surface area contributed by atoms with Crippen LogP contribution in [0.4, 0.5) is 0 Å². The summed E-state index contributed by atoms with van der Waals surface area (Å²) in [6, 6.07) is 8.34. The number of thioether (sulfide) groups is 1. The number of aromatic nitrogens is 3. The summed E-state index contributed by atoms with van der Waals surface area (Å²) < 4.78 is 1.81. The standard InChI is InChI=1S/C17H25N5OS/c1-5-21(3)11-15-8-6-7-14(9-15)10-18-16(23)13(2)24-17-20-19-12-22(17)4/h6-9,12-13H,5,10-11H2,1-4H3,(H,18,23). The molecule has 24 heavy (non-hydrogen) atoms. The van der Waals surface area contributed by atoms with Crippen molar-refractivity contribution in [3.05, 3.63) is 41.7 Å². The van der Waals surface area contributed by atoms with E-state index >= 15 is 0 Å². The molecular weight excluding hydrogens is 322 g/mol. The van der Waals surface area contributed by atoms with Gasteiger partial charge in [-0.25, -0.2) is 0 Å². The van der Waals surface area contributed by atoms with E-state index in [0.717, 1.165) is 23.8 Å². The summed E-state index contributed by atoms with van der Waals surface area (Å²) in [6.07, 6.45) is 1.63. The fourth-order valence-corrected chi connectivity index (χ4v) is 3.00. The highest BCUT2D eigenvalue weighted by Crippen LogP contribution is 2.20. The van der Waals surface area contributed by atoms with Crippen molar-refractivity contribution in [3.63, 3.8) is 0 Å². The molecule has 1 unspecified atom stereocenters. The first-order valence-corrected chi connectivity index (χ1v) is 8.92. The number of benzene rings is 1. The van der Waals surface area contributed by atoms with Gasteiger partial charge in [0.05, 0.1) is 5.25 Å². The number of rotatable bonds is 8. The Labute approximate surface area is 147 Å². The molecule has 1 atom stereocenters. The van der Waals surface area contributed by atoms with Crippen molar-refractivity contribution >= 4 is 17.7 Å². The SMILES string of the molecule is CCN(C)Cc1cccc(CNC(=O)C(C)Sc2nncn2C)c1. The van der Waals surface area contributed by atoms with Crippen molar-refractivity contribution in [1.29, 1.82) is 0 Å². The largest absolute Gasteiger partial charge is 0.351 e. The first-order chi connectivity index (χ1) is 11.5. The molecule has 0 aliphatic rings. The van der Waals surface area contributed by atoms with Crippen molar-refractivity contribution in [2.75, 3.05) is 13.6 Å². The third-order valence-electron chi connectivity index (χ3n) is 3.77. The Hall–Kier alpha value is -1.86. The van der Waals surface area contributed by atoms with Crippen LogP contribution in [0.5, 0.6) is 0 Å². The fraction of sp³-hybridized carbons (Fsp3) is 0.471. The minimum absolute atomic E-state index is 0.000852. The number of hydrogen-bond donors (Lipinski definition) is 1. The van der Waals surface area contributed by atoms with Gasteiger partial charge in [-0.2, -0.15) is 0 Å². The first-order valence-electron chi connectivity index (χ1n) is 8.04. The highest BCUT2D eigenvalue weighted by atomic mass is 32.2. The molecule has 2 rings (SSSR count). The molecule has 0 radical (unpaired) electrons. The highest BCUT2D eigenvalue weighted by molar-refractivity contribution is 8.00. The van der Waals surface area contributed by atoms with Gasteiger partial charge in [-0.05, 0) is 31.6 Å². The van der Waals surface area contributed by atoms with E-state index in [-0.39, 0.29) is 11.2 Å². The van der Waals surface area contributed by atoms with Crippen LogP contribution < -0.4 is 5.32 Å². The van der Waals surface area contributed by atoms with Gasteiger partial charge < -0.3 is 14.8 Å². The van der Waals surface area contributed by atoms with Gasteiger partial charge in [0.15, 0.2) is 5.16 Å². The monoisotopic (exact) mass is 347 g/mol. The van der Waals surface area contributed by atoms with Crippen LogP contribution in [-0.4, -0.2) is 44.4 Å². The fourth-order valence-electron chi connectivity index (χ4n) is 2.19. The molecule has 1 heterocycles. The maximum absolute atomic E-state index is 12.3. The van der Waals surface area contributed by atoms with E-state index in [1.807, 2.05) is 30.7 Å². The van der Waals surface area contributed by atoms with Gasteiger partial charge in [0.2, 0.25) is 5.91 Å². The van der Waals surface area contributed by atoms with Crippen LogP contribution in [0.3, 0.4) is 0 Å². The van der Waals surface area contributed by atoms with E-state index in [4.69, 9.17) is 0 Å². The lowest BCUT2D eigenvalue weighted by atomic mass is 10.1. The van der Waals surface area contributed by atoms with Gasteiger partial charge in [0.1, 0.15) is 6.33 Å². The van der Waals surface area contributed by atoms with Crippen LogP contribution in [0.25, 0.3) is 0 Å². The van der Waals surface area contributed by atoms with E-state index in [1.165, 1.54) is 17.3 Å². The summed E-state index contributed by atoms with van der Waals surface area (Å²) in [7, 11) is 3.96. The summed E-state index contributed by atoms with van der Waals surface area (Å²) in [5, 5.41) is 11.3. The average Bonchev–Trinajstić information content (AvgIpc) is 2.97. The molecule has 0 saturated heterocycles. The van der Waals surface area contributed by atoms with Crippen LogP contribution in [0.15, 0.2) is 35.7 Å². The predicted octanol–water partition coefficient (Wildman–Crippen LogP) is 2.06. The normalized spacial score (nSPS) is 12.4. The molecule has 1 N–H and O–H groups in total. The van der Waals surface area contributed by atoms with Gasteiger partial charge >= 0.3 is 0 Å². The molecule has 130 valence electrons. The number of carbonyl (C=O) groups is 1. The second kappa shape index (κ2) is 8.84. The lowest BCUT2D eigenvalue weighted by Gasteiger charge is -2.15. The zero-order valence-corrected chi connectivity index (χ0v) is 15.5. The number of aryl methyl sites for hydroxylation is 1. The number of nitrogens with zero attached hydrogens (tertiary/aromatic N) is 4. The average molecular weight is 347 g/mol. The van der Waals surface area contributed by atoms with Crippen molar-refractivity contribution < 1.29 is 4.79 Å². The third kappa shape index (κ3) is 5.35. The molecular formula is C17H25N5OS. The number of hydrogen-bond acceptors (Lipinski definition) is 5. The van der Waals surface area contributed by atoms with Crippen molar-refractivity contribution in [1.82, 2.24) is 25.0 Å². The zero-order valence-electron chi connectivity index (χ0n) is 14.7. The second-order valence-corrected chi connectivity index (χ2v) is 7.16. The van der Waals surface area contributed by atoms with Gasteiger partial charge in [-0.15, -0.1) is 10.2 Å². The Bertz CT molecular complexity index is 673. The van der Waals surface area contributed by atoms with E-state index in [0.29, 0.717) is 6.54 Å². The Morgan fingerprint density at radius 1 is 1.42 bits per heavy atom. The second-order valence-electron chi connectivity index (χ2n) is 5.85. The molecule has 1 amide bonds. The lowest BCUT2D eigenvalue weighted by molar-refractivity contribution is -0.120. The van der Waals surface area contributed by atoms with Gasteiger partial charge in [-0.3, -0.25) is 4.79 Å². The molecule has 0 fully saturated rings. The molecule has 7 heteroatoms. The molecule has 0 aliphatic carbocycles. The molecule has 1 aromatic heterocycles. The van der Waals surface area contributed by atoms with Crippen LogP contribution >= 0.6 is 11.8 Å². The van der Waals surface area contributed by atoms with Crippen LogP contribution in [0, 0.1) is 0 Å². The van der Waals surface area contributed by atoms with Crippen molar-refractivity contribution in [3.8, 4) is 0 Å². The first kappa shape index (κ1) is 18.5. The molecule has 0 bridgehead atoms. The molecule has 0 saturated carbocycles. The van der Waals surface area contributed by atoms with Crippen molar-refractivity contribution in [2.45, 2.75) is 37.3 Å². The maximum Gasteiger partial charge on any atom is 0.233 e. The lowest BCUT2D eigenvalue weighted by Crippen LogP contribution is -2.30. The van der Waals surface area contributed by atoms with Crippen LogP contribution in [0.2, 0.25) is 0 Å². The van der Waals surface area contributed by atoms with Gasteiger partial charge in [-0.1, -0.05) is 43.0 Å². The van der Waals surface area contributed by atoms with Crippen LogP contribution in [-0.2, 0) is 24.9 Å². The minimum atomic E-state index is -0.220. The summed E-state index contributed by atoms with van der Waals surface area (Å²) in [4.78, 5) is 14.5. The Kier molecular flexibility index (Phi) is 6.81. The quantitative estimate of drug-likeness (QED) is 0.741. The van der Waals surface area contributed by atoms with Gasteiger partial charge in [0.25, 0.3) is 0 Å². The number of carbonyl (C=O) groups excluding carboxylic acids is 1. The molecule has 0 spiro atoms. The summed E-state index contributed by atoms with van der Waals surface area (Å²) in [5.74, 6) is -0.000852. The zero-order chi connectivity index (χ0) is 17.5. The number of amides is 1. The third-order valence-corrected chi connectivity index (χ3v) is 4.92. The van der Waals surface area contributed by atoms with E-state index < -0.39 is 0 Å². The molecule has 1 aromatic carbocycles. The molecule has 0 aliphatic heterocycles. The summed E-state index contributed by atoms with van der Waals surface area (Å²) in [6.45, 7) is 6.47. The Morgan fingerprint density at radius 3 is 2.83 bits per heavy atom. The van der Waals surface area contributed by atoms with E-state index in [2.05, 4.69) is 46.5 Å².